The maximum atomic E-state index is 12.5. The smallest absolute Gasteiger partial charge is 0.340 e. The van der Waals surface area contributed by atoms with Gasteiger partial charge in [0, 0.05) is 6.54 Å². The van der Waals surface area contributed by atoms with E-state index < -0.39 is 23.8 Å². The molecule has 0 saturated carbocycles. The molecule has 4 N–H and O–H groups in total. The van der Waals surface area contributed by atoms with Crippen LogP contribution in [0.1, 0.15) is 16.8 Å². The quantitative estimate of drug-likeness (QED) is 0.548. The number of methoxy groups -OCH3 is 1. The Kier molecular flexibility index (Phi) is 7.81. The van der Waals surface area contributed by atoms with Gasteiger partial charge >= 0.3 is 5.97 Å². The van der Waals surface area contributed by atoms with Gasteiger partial charge in [-0.15, -0.1) is 23.7 Å². The van der Waals surface area contributed by atoms with E-state index in [0.717, 1.165) is 0 Å². The number of ether oxygens (including phenoxy) is 1. The molecule has 1 aliphatic heterocycles. The number of nitrogens with one attached hydrogen (secondary N) is 2. The highest BCUT2D eigenvalue weighted by Gasteiger charge is 2.36. The lowest BCUT2D eigenvalue weighted by molar-refractivity contribution is -0.127. The average Bonchev–Trinajstić information content (AvgIpc) is 3.19. The molecule has 2 heterocycles. The van der Waals surface area contributed by atoms with Crippen LogP contribution >= 0.6 is 23.7 Å². The lowest BCUT2D eigenvalue weighted by Crippen LogP contribution is -2.46. The zero-order valence-corrected chi connectivity index (χ0v) is 15.1. The van der Waals surface area contributed by atoms with Crippen LogP contribution in [0.15, 0.2) is 11.4 Å². The van der Waals surface area contributed by atoms with Crippen molar-refractivity contribution in [3.63, 3.8) is 0 Å². The van der Waals surface area contributed by atoms with E-state index in [4.69, 9.17) is 10.5 Å². The molecule has 0 bridgehead atoms. The summed E-state index contributed by atoms with van der Waals surface area (Å²) in [5.41, 5.74) is 5.44. The number of carbonyl (C=O) groups is 4. The van der Waals surface area contributed by atoms with Crippen LogP contribution in [0, 0.1) is 0 Å². The number of rotatable bonds is 6. The van der Waals surface area contributed by atoms with Crippen molar-refractivity contribution in [1.82, 2.24) is 10.6 Å². The normalized spacial score (nSPS) is 16.2. The second-order valence-electron chi connectivity index (χ2n) is 5.01. The highest BCUT2D eigenvalue weighted by Crippen LogP contribution is 2.31. The third-order valence-corrected chi connectivity index (χ3v) is 4.40. The number of hydrogen-bond donors (Lipinski definition) is 3. The van der Waals surface area contributed by atoms with Crippen molar-refractivity contribution in [3.05, 3.63) is 17.0 Å². The predicted molar refractivity (Wildman–Crippen MR) is 93.9 cm³/mol. The van der Waals surface area contributed by atoms with E-state index in [-0.39, 0.29) is 31.4 Å². The summed E-state index contributed by atoms with van der Waals surface area (Å²) >= 11 is 1.25. The molecule has 1 aromatic rings. The minimum absolute atomic E-state index is 0. The molecule has 1 saturated heterocycles. The van der Waals surface area contributed by atoms with Crippen molar-refractivity contribution >= 4 is 52.4 Å². The van der Waals surface area contributed by atoms with Crippen LogP contribution in [0.25, 0.3) is 0 Å². The molecule has 0 aliphatic carbocycles. The summed E-state index contributed by atoms with van der Waals surface area (Å²) in [7, 11) is 1.27. The second kappa shape index (κ2) is 9.35. The van der Waals surface area contributed by atoms with Gasteiger partial charge in [0.1, 0.15) is 11.0 Å². The van der Waals surface area contributed by atoms with Gasteiger partial charge in [0.05, 0.1) is 25.8 Å². The molecule has 0 radical (unpaired) electrons. The number of thiophene rings is 1. The molecule has 0 spiro atoms. The Morgan fingerprint density at radius 1 is 1.40 bits per heavy atom. The fourth-order valence-corrected chi connectivity index (χ4v) is 3.21. The zero-order valence-electron chi connectivity index (χ0n) is 13.4. The molecule has 1 aliphatic rings. The van der Waals surface area contributed by atoms with Gasteiger partial charge in [0.15, 0.2) is 0 Å². The summed E-state index contributed by atoms with van der Waals surface area (Å²) in [5, 5.41) is 7.09. The van der Waals surface area contributed by atoms with E-state index in [9.17, 15) is 19.2 Å². The summed E-state index contributed by atoms with van der Waals surface area (Å²) < 4.78 is 4.70. The van der Waals surface area contributed by atoms with E-state index in [1.165, 1.54) is 23.3 Å². The average molecular weight is 391 g/mol. The molecule has 1 fully saturated rings. The highest BCUT2D eigenvalue weighted by molar-refractivity contribution is 7.14. The Bertz CT molecular complexity index is 665. The Hall–Kier alpha value is -2.17. The first kappa shape index (κ1) is 20.9. The van der Waals surface area contributed by atoms with Crippen LogP contribution in [-0.4, -0.2) is 56.5 Å². The number of nitrogens with two attached hydrogens (primary N) is 1. The molecule has 138 valence electrons. The highest BCUT2D eigenvalue weighted by atomic mass is 35.5. The first-order valence-corrected chi connectivity index (χ1v) is 8.09. The molecule has 11 heteroatoms. The zero-order chi connectivity index (χ0) is 17.7. The molecule has 1 atom stereocenters. The maximum absolute atomic E-state index is 12.5. The lowest BCUT2D eigenvalue weighted by atomic mass is 10.2. The first-order valence-electron chi connectivity index (χ1n) is 7.21. The Morgan fingerprint density at radius 2 is 2.12 bits per heavy atom. The van der Waals surface area contributed by atoms with Gasteiger partial charge in [-0.05, 0) is 17.9 Å². The van der Waals surface area contributed by atoms with Crippen LogP contribution in [0.5, 0.6) is 0 Å². The van der Waals surface area contributed by atoms with E-state index in [1.807, 2.05) is 0 Å². The van der Waals surface area contributed by atoms with Crippen molar-refractivity contribution in [3.8, 4) is 0 Å². The minimum atomic E-state index is -0.695. The molecule has 0 aromatic carbocycles. The van der Waals surface area contributed by atoms with Crippen molar-refractivity contribution in [2.75, 3.05) is 31.6 Å². The van der Waals surface area contributed by atoms with Crippen LogP contribution in [0.4, 0.5) is 5.00 Å². The van der Waals surface area contributed by atoms with E-state index >= 15 is 0 Å². The van der Waals surface area contributed by atoms with Crippen LogP contribution in [-0.2, 0) is 19.1 Å². The van der Waals surface area contributed by atoms with Crippen molar-refractivity contribution < 1.29 is 23.9 Å². The Balaban J connectivity index is 0.00000312. The molecule has 9 nitrogen and oxygen atoms in total. The van der Waals surface area contributed by atoms with Gasteiger partial charge in [-0.2, -0.15) is 0 Å². The molecule has 1 unspecified atom stereocenters. The number of carbonyl (C=O) groups excluding carboxylic acids is 4. The summed E-state index contributed by atoms with van der Waals surface area (Å²) in [5.74, 6) is -1.75. The standard InChI is InChI=1S/C14H18N4O5S.ClH/c1-23-14(22)8-3-5-24-13(8)18-4-2-9(12(18)21)17-11(20)7-16-10(19)6-15;/h3,5,9H,2,4,6-7,15H2,1H3,(H,16,19)(H,17,20);1H. The minimum Gasteiger partial charge on any atom is -0.465 e. The lowest BCUT2D eigenvalue weighted by Gasteiger charge is -2.17. The summed E-state index contributed by atoms with van der Waals surface area (Å²) in [6.45, 7) is -0.0756. The number of esters is 1. The number of nitrogens with zero attached hydrogens (tertiary/aromatic N) is 1. The first-order chi connectivity index (χ1) is 11.5. The van der Waals surface area contributed by atoms with Gasteiger partial charge in [-0.3, -0.25) is 14.4 Å². The third-order valence-electron chi connectivity index (χ3n) is 3.47. The number of hydrogen-bond acceptors (Lipinski definition) is 7. The van der Waals surface area contributed by atoms with Gasteiger partial charge in [-0.1, -0.05) is 0 Å². The van der Waals surface area contributed by atoms with Gasteiger partial charge < -0.3 is 26.0 Å². The van der Waals surface area contributed by atoms with Crippen LogP contribution < -0.4 is 21.3 Å². The van der Waals surface area contributed by atoms with Gasteiger partial charge in [0.2, 0.25) is 17.7 Å². The molecule has 3 amide bonds. The summed E-state index contributed by atoms with van der Waals surface area (Å²) in [6, 6.07) is 0.896. The van der Waals surface area contributed by atoms with E-state index in [2.05, 4.69) is 10.6 Å². The van der Waals surface area contributed by atoms with Crippen LogP contribution in [0.3, 0.4) is 0 Å². The van der Waals surface area contributed by atoms with Crippen molar-refractivity contribution in [1.29, 1.82) is 0 Å². The number of halogens is 1. The third kappa shape index (κ3) is 4.91. The van der Waals surface area contributed by atoms with E-state index in [0.29, 0.717) is 23.5 Å². The topological polar surface area (TPSA) is 131 Å². The van der Waals surface area contributed by atoms with E-state index in [1.54, 1.807) is 11.4 Å². The number of amides is 3. The Morgan fingerprint density at radius 3 is 2.76 bits per heavy atom. The molecule has 25 heavy (non-hydrogen) atoms. The summed E-state index contributed by atoms with van der Waals surface area (Å²) in [4.78, 5) is 48.4. The maximum Gasteiger partial charge on any atom is 0.340 e. The Labute approximate surface area is 154 Å². The summed E-state index contributed by atoms with van der Waals surface area (Å²) in [6.07, 6.45) is 0.411. The molecule has 2 rings (SSSR count). The fourth-order valence-electron chi connectivity index (χ4n) is 2.29. The number of anilines is 1. The molecule has 1 aromatic heterocycles. The molecular weight excluding hydrogens is 372 g/mol. The second-order valence-corrected chi connectivity index (χ2v) is 5.91. The largest absolute Gasteiger partial charge is 0.465 e. The fraction of sp³-hybridized carbons (Fsp3) is 0.429. The molecular formula is C14H19ClN4O5S. The van der Waals surface area contributed by atoms with Crippen molar-refractivity contribution in [2.24, 2.45) is 5.73 Å². The predicted octanol–water partition coefficient (Wildman–Crippen LogP) is -0.747. The van der Waals surface area contributed by atoms with Gasteiger partial charge in [-0.25, -0.2) is 4.79 Å². The SMILES string of the molecule is COC(=O)c1ccsc1N1CCC(NC(=O)CNC(=O)CN)C1=O.Cl. The van der Waals surface area contributed by atoms with Gasteiger partial charge in [0.25, 0.3) is 0 Å². The van der Waals surface area contributed by atoms with Crippen molar-refractivity contribution in [2.45, 2.75) is 12.5 Å². The monoisotopic (exact) mass is 390 g/mol. The van der Waals surface area contributed by atoms with Crippen LogP contribution in [0.2, 0.25) is 0 Å².